The quantitative estimate of drug-likeness (QED) is 0.590. The van der Waals surface area contributed by atoms with E-state index < -0.39 is 9.92 Å². The number of carbonyl (C=O) groups excluding carboxylic acids is 1. The first-order valence-electron chi connectivity index (χ1n) is 3.72. The SMILES string of the molecule is CS(=N)(=O)N1CCN(C=O)CC1. The molecule has 1 N–H and O–H groups in total. The van der Waals surface area contributed by atoms with Crippen LogP contribution < -0.4 is 0 Å². The third-order valence-electron chi connectivity index (χ3n) is 1.92. The monoisotopic (exact) mass is 191 g/mol. The van der Waals surface area contributed by atoms with Crippen molar-refractivity contribution in [2.24, 2.45) is 0 Å². The average molecular weight is 191 g/mol. The zero-order valence-corrected chi connectivity index (χ0v) is 7.84. The Morgan fingerprint density at radius 1 is 1.33 bits per heavy atom. The summed E-state index contributed by atoms with van der Waals surface area (Å²) >= 11 is 0. The van der Waals surface area contributed by atoms with Gasteiger partial charge < -0.3 is 4.90 Å². The molecule has 1 fully saturated rings. The Bertz CT molecular complexity index is 254. The predicted molar refractivity (Wildman–Crippen MR) is 46.0 cm³/mol. The lowest BCUT2D eigenvalue weighted by Crippen LogP contribution is -2.47. The topological polar surface area (TPSA) is 64.5 Å². The van der Waals surface area contributed by atoms with Crippen molar-refractivity contribution < 1.29 is 9.00 Å². The number of hydrogen-bond donors (Lipinski definition) is 1. The molecule has 1 aliphatic heterocycles. The maximum atomic E-state index is 11.2. The molecule has 0 aliphatic carbocycles. The lowest BCUT2D eigenvalue weighted by atomic mass is 10.4. The van der Waals surface area contributed by atoms with Crippen LogP contribution in [0.3, 0.4) is 0 Å². The predicted octanol–water partition coefficient (Wildman–Crippen LogP) is -0.648. The minimum absolute atomic E-state index is 0.539. The zero-order valence-electron chi connectivity index (χ0n) is 7.02. The molecule has 1 rings (SSSR count). The third kappa shape index (κ3) is 2.18. The maximum absolute atomic E-state index is 11.2. The summed E-state index contributed by atoms with van der Waals surface area (Å²) in [6.07, 6.45) is 2.20. The second-order valence-electron chi connectivity index (χ2n) is 2.87. The summed E-state index contributed by atoms with van der Waals surface area (Å²) in [4.78, 5) is 11.9. The number of piperazine rings is 1. The number of rotatable bonds is 2. The molecule has 1 saturated heterocycles. The van der Waals surface area contributed by atoms with E-state index in [2.05, 4.69) is 0 Å². The van der Waals surface area contributed by atoms with Gasteiger partial charge in [0.05, 0.1) is 0 Å². The normalized spacial score (nSPS) is 24.9. The summed E-state index contributed by atoms with van der Waals surface area (Å²) in [6, 6.07) is 0. The van der Waals surface area contributed by atoms with Crippen molar-refractivity contribution >= 4 is 16.3 Å². The zero-order chi connectivity index (χ0) is 9.19. The Balaban J connectivity index is 2.52. The van der Waals surface area contributed by atoms with Crippen LogP contribution in [-0.2, 0) is 14.7 Å². The fourth-order valence-corrected chi connectivity index (χ4v) is 2.02. The van der Waals surface area contributed by atoms with Crippen LogP contribution in [0.4, 0.5) is 0 Å². The van der Waals surface area contributed by atoms with Gasteiger partial charge in [-0.05, 0) is 0 Å². The van der Waals surface area contributed by atoms with Gasteiger partial charge in [-0.1, -0.05) is 0 Å². The van der Waals surface area contributed by atoms with E-state index >= 15 is 0 Å². The van der Waals surface area contributed by atoms with E-state index in [1.54, 1.807) is 9.21 Å². The van der Waals surface area contributed by atoms with Crippen LogP contribution in [0.5, 0.6) is 0 Å². The van der Waals surface area contributed by atoms with Gasteiger partial charge in [0.15, 0.2) is 0 Å². The van der Waals surface area contributed by atoms with Crippen molar-refractivity contribution in [2.75, 3.05) is 32.4 Å². The number of nitrogens with one attached hydrogen (secondary N) is 1. The lowest BCUT2D eigenvalue weighted by Gasteiger charge is -2.31. The molecule has 1 heterocycles. The highest BCUT2D eigenvalue weighted by Gasteiger charge is 2.19. The van der Waals surface area contributed by atoms with Crippen LogP contribution in [0.25, 0.3) is 0 Å². The van der Waals surface area contributed by atoms with E-state index in [0.29, 0.717) is 26.2 Å². The highest BCUT2D eigenvalue weighted by atomic mass is 32.2. The van der Waals surface area contributed by atoms with Gasteiger partial charge in [0.2, 0.25) is 6.41 Å². The summed E-state index contributed by atoms with van der Waals surface area (Å²) in [6.45, 7) is 2.23. The van der Waals surface area contributed by atoms with Gasteiger partial charge in [-0.3, -0.25) is 4.79 Å². The van der Waals surface area contributed by atoms with Crippen molar-refractivity contribution in [1.29, 1.82) is 4.78 Å². The average Bonchev–Trinajstić information content (AvgIpc) is 2.03. The molecule has 1 amide bonds. The van der Waals surface area contributed by atoms with Crippen molar-refractivity contribution in [1.82, 2.24) is 9.21 Å². The van der Waals surface area contributed by atoms with Crippen LogP contribution in [0, 0.1) is 4.78 Å². The molecular weight excluding hydrogens is 178 g/mol. The van der Waals surface area contributed by atoms with Crippen LogP contribution >= 0.6 is 0 Å². The molecule has 1 atom stereocenters. The Labute approximate surface area is 72.4 Å². The molecule has 0 aromatic heterocycles. The fraction of sp³-hybridized carbons (Fsp3) is 0.833. The highest BCUT2D eigenvalue weighted by Crippen LogP contribution is 2.04. The molecule has 0 radical (unpaired) electrons. The summed E-state index contributed by atoms with van der Waals surface area (Å²) < 4.78 is 20.1. The Morgan fingerprint density at radius 2 is 1.83 bits per heavy atom. The van der Waals surface area contributed by atoms with E-state index in [9.17, 15) is 9.00 Å². The number of carbonyl (C=O) groups is 1. The number of hydrogen-bond acceptors (Lipinski definition) is 3. The Kier molecular flexibility index (Phi) is 2.69. The number of nitrogens with zero attached hydrogens (tertiary/aromatic N) is 2. The summed E-state index contributed by atoms with van der Waals surface area (Å²) in [5.74, 6) is 0. The first-order chi connectivity index (χ1) is 5.54. The van der Waals surface area contributed by atoms with Gasteiger partial charge in [0.25, 0.3) is 0 Å². The molecule has 0 spiro atoms. The van der Waals surface area contributed by atoms with Crippen molar-refractivity contribution in [3.8, 4) is 0 Å². The molecule has 1 aliphatic rings. The molecule has 0 aromatic rings. The lowest BCUT2D eigenvalue weighted by molar-refractivity contribution is -0.119. The van der Waals surface area contributed by atoms with Crippen LogP contribution in [0.15, 0.2) is 0 Å². The van der Waals surface area contributed by atoms with Crippen LogP contribution in [-0.4, -0.2) is 52.3 Å². The molecule has 12 heavy (non-hydrogen) atoms. The summed E-state index contributed by atoms with van der Waals surface area (Å²) in [5, 5.41) is 0. The van der Waals surface area contributed by atoms with Crippen LogP contribution in [0.2, 0.25) is 0 Å². The van der Waals surface area contributed by atoms with Crippen molar-refractivity contribution in [3.63, 3.8) is 0 Å². The number of amides is 1. The van der Waals surface area contributed by atoms with Gasteiger partial charge >= 0.3 is 0 Å². The minimum atomic E-state index is -2.57. The first-order valence-corrected chi connectivity index (χ1v) is 5.64. The second kappa shape index (κ2) is 3.40. The smallest absolute Gasteiger partial charge is 0.209 e. The molecule has 6 heteroatoms. The highest BCUT2D eigenvalue weighted by molar-refractivity contribution is 7.89. The Morgan fingerprint density at radius 3 is 2.17 bits per heavy atom. The van der Waals surface area contributed by atoms with Crippen LogP contribution in [0.1, 0.15) is 0 Å². The molecule has 5 nitrogen and oxygen atoms in total. The molecular formula is C6H13N3O2S. The van der Waals surface area contributed by atoms with E-state index in [4.69, 9.17) is 4.78 Å². The fourth-order valence-electron chi connectivity index (χ4n) is 1.16. The maximum Gasteiger partial charge on any atom is 0.209 e. The third-order valence-corrected chi connectivity index (χ3v) is 3.27. The molecule has 70 valence electrons. The summed E-state index contributed by atoms with van der Waals surface area (Å²) in [5.41, 5.74) is 0. The van der Waals surface area contributed by atoms with Gasteiger partial charge in [0.1, 0.15) is 9.92 Å². The van der Waals surface area contributed by atoms with E-state index in [0.717, 1.165) is 6.41 Å². The molecule has 0 aromatic carbocycles. The van der Waals surface area contributed by atoms with E-state index in [-0.39, 0.29) is 0 Å². The molecule has 0 saturated carbocycles. The molecule has 1 unspecified atom stereocenters. The second-order valence-corrected chi connectivity index (χ2v) is 4.99. The van der Waals surface area contributed by atoms with E-state index in [1.807, 2.05) is 0 Å². The van der Waals surface area contributed by atoms with Crippen molar-refractivity contribution in [3.05, 3.63) is 0 Å². The van der Waals surface area contributed by atoms with Gasteiger partial charge in [-0.15, -0.1) is 0 Å². The van der Waals surface area contributed by atoms with Gasteiger partial charge in [0, 0.05) is 32.4 Å². The molecule has 0 bridgehead atoms. The van der Waals surface area contributed by atoms with E-state index in [1.165, 1.54) is 6.26 Å². The van der Waals surface area contributed by atoms with Gasteiger partial charge in [-0.25, -0.2) is 13.3 Å². The standard InChI is InChI=1S/C6H13N3O2S/c1-12(7,11)9-4-2-8(6-10)3-5-9/h6-7H,2-5H2,1H3. The van der Waals surface area contributed by atoms with Gasteiger partial charge in [-0.2, -0.15) is 0 Å². The van der Waals surface area contributed by atoms with Crippen molar-refractivity contribution in [2.45, 2.75) is 0 Å². The minimum Gasteiger partial charge on any atom is -0.343 e. The largest absolute Gasteiger partial charge is 0.343 e. The Hall–Kier alpha value is -0.620. The first kappa shape index (κ1) is 9.47. The summed E-state index contributed by atoms with van der Waals surface area (Å²) in [7, 11) is -2.57.